The van der Waals surface area contributed by atoms with Gasteiger partial charge in [-0.3, -0.25) is 4.79 Å². The molecule has 0 fully saturated rings. The van der Waals surface area contributed by atoms with Crippen molar-refractivity contribution in [3.63, 3.8) is 0 Å². The molecule has 0 radical (unpaired) electrons. The van der Waals surface area contributed by atoms with E-state index >= 15 is 0 Å². The van der Waals surface area contributed by atoms with E-state index in [4.69, 9.17) is 0 Å². The molecule has 0 unspecified atom stereocenters. The number of rotatable bonds is 5. The predicted octanol–water partition coefficient (Wildman–Crippen LogP) is 3.10. The first kappa shape index (κ1) is 10.4. The highest BCUT2D eigenvalue weighted by Crippen LogP contribution is 2.10. The van der Waals surface area contributed by atoms with E-state index in [0.29, 0.717) is 0 Å². The van der Waals surface area contributed by atoms with Gasteiger partial charge in [-0.15, -0.1) is 0 Å². The molecule has 11 heavy (non-hydrogen) atoms. The normalized spacial score (nSPS) is 9.36. The fraction of sp³-hybridized carbons (Fsp3) is 0.700. The molecule has 0 aromatic heterocycles. The highest BCUT2D eigenvalue weighted by atomic mass is 16.1. The summed E-state index contributed by atoms with van der Waals surface area (Å²) < 4.78 is 0. The average molecular weight is 154 g/mol. The van der Waals surface area contributed by atoms with Crippen LogP contribution in [0.1, 0.15) is 46.5 Å². The Bertz CT molecular complexity index is 141. The van der Waals surface area contributed by atoms with Gasteiger partial charge in [0.2, 0.25) is 0 Å². The highest BCUT2D eigenvalue weighted by molar-refractivity contribution is 5.74. The van der Waals surface area contributed by atoms with E-state index in [2.05, 4.69) is 6.92 Å². The molecule has 1 heteroatoms. The predicted molar refractivity (Wildman–Crippen MR) is 48.6 cm³/mol. The van der Waals surface area contributed by atoms with Crippen LogP contribution in [-0.4, -0.2) is 6.29 Å². The van der Waals surface area contributed by atoms with Gasteiger partial charge in [0.1, 0.15) is 6.29 Å². The zero-order valence-electron chi connectivity index (χ0n) is 7.81. The number of carbonyl (C=O) groups is 1. The zero-order valence-corrected chi connectivity index (χ0v) is 7.81. The van der Waals surface area contributed by atoms with Crippen LogP contribution in [-0.2, 0) is 4.79 Å². The molecule has 0 saturated carbocycles. The fourth-order valence-corrected chi connectivity index (χ4v) is 0.992. The summed E-state index contributed by atoms with van der Waals surface area (Å²) in [5, 5.41) is 0. The van der Waals surface area contributed by atoms with Gasteiger partial charge in [-0.1, -0.05) is 25.3 Å². The first-order valence-corrected chi connectivity index (χ1v) is 4.34. The third-order valence-corrected chi connectivity index (χ3v) is 1.83. The van der Waals surface area contributed by atoms with Crippen LogP contribution in [0.2, 0.25) is 0 Å². The lowest BCUT2D eigenvalue weighted by Gasteiger charge is -2.00. The van der Waals surface area contributed by atoms with E-state index < -0.39 is 0 Å². The smallest absolute Gasteiger partial charge is 0.145 e. The van der Waals surface area contributed by atoms with Gasteiger partial charge in [-0.25, -0.2) is 0 Å². The second-order valence-corrected chi connectivity index (χ2v) is 3.10. The Morgan fingerprint density at radius 1 is 1.27 bits per heavy atom. The molecular weight excluding hydrogens is 136 g/mol. The molecule has 0 bridgehead atoms. The van der Waals surface area contributed by atoms with Crippen molar-refractivity contribution in [2.75, 3.05) is 0 Å². The zero-order chi connectivity index (χ0) is 8.69. The van der Waals surface area contributed by atoms with Crippen LogP contribution < -0.4 is 0 Å². The van der Waals surface area contributed by atoms with Crippen molar-refractivity contribution in [3.8, 4) is 0 Å². The lowest BCUT2D eigenvalue weighted by Crippen LogP contribution is -1.88. The summed E-state index contributed by atoms with van der Waals surface area (Å²) in [6.45, 7) is 6.16. The van der Waals surface area contributed by atoms with Gasteiger partial charge in [-0.05, 0) is 32.3 Å². The molecule has 0 aliphatic heterocycles. The van der Waals surface area contributed by atoms with Crippen molar-refractivity contribution in [1.29, 1.82) is 0 Å². The molecule has 0 heterocycles. The maximum Gasteiger partial charge on any atom is 0.145 e. The van der Waals surface area contributed by atoms with E-state index in [1.165, 1.54) is 12.8 Å². The third-order valence-electron chi connectivity index (χ3n) is 1.83. The van der Waals surface area contributed by atoms with Gasteiger partial charge in [0.15, 0.2) is 0 Å². The minimum Gasteiger partial charge on any atom is -0.298 e. The Hall–Kier alpha value is -0.590. The number of aldehydes is 1. The quantitative estimate of drug-likeness (QED) is 0.338. The molecule has 0 aromatic rings. The van der Waals surface area contributed by atoms with Crippen molar-refractivity contribution in [1.82, 2.24) is 0 Å². The molecule has 1 nitrogen and oxygen atoms in total. The Morgan fingerprint density at radius 3 is 2.27 bits per heavy atom. The van der Waals surface area contributed by atoms with Gasteiger partial charge in [0.25, 0.3) is 0 Å². The summed E-state index contributed by atoms with van der Waals surface area (Å²) >= 11 is 0. The van der Waals surface area contributed by atoms with E-state index in [1.807, 2.05) is 13.8 Å². The van der Waals surface area contributed by atoms with Gasteiger partial charge >= 0.3 is 0 Å². The van der Waals surface area contributed by atoms with Crippen molar-refractivity contribution in [3.05, 3.63) is 11.1 Å². The summed E-state index contributed by atoms with van der Waals surface area (Å²) in [6.07, 6.45) is 5.54. The maximum atomic E-state index is 10.5. The number of hydrogen-bond donors (Lipinski definition) is 0. The summed E-state index contributed by atoms with van der Waals surface area (Å²) in [5.41, 5.74) is 2.15. The lowest BCUT2D eigenvalue weighted by molar-refractivity contribution is -0.105. The number of carbonyl (C=O) groups excluding carboxylic acids is 1. The largest absolute Gasteiger partial charge is 0.298 e. The monoisotopic (exact) mass is 154 g/mol. The van der Waals surface area contributed by atoms with Crippen LogP contribution >= 0.6 is 0 Å². The average Bonchev–Trinajstić information content (AvgIpc) is 1.97. The van der Waals surface area contributed by atoms with Gasteiger partial charge in [-0.2, -0.15) is 0 Å². The Balaban J connectivity index is 3.72. The number of unbranched alkanes of at least 4 members (excludes halogenated alkanes) is 2. The van der Waals surface area contributed by atoms with Gasteiger partial charge in [0, 0.05) is 0 Å². The van der Waals surface area contributed by atoms with E-state index in [0.717, 1.165) is 30.3 Å². The molecule has 0 amide bonds. The van der Waals surface area contributed by atoms with Crippen LogP contribution in [0, 0.1) is 0 Å². The van der Waals surface area contributed by atoms with Crippen LogP contribution in [0.25, 0.3) is 0 Å². The van der Waals surface area contributed by atoms with Crippen LogP contribution in [0.4, 0.5) is 0 Å². The fourth-order valence-electron chi connectivity index (χ4n) is 0.992. The maximum absolute atomic E-state index is 10.5. The van der Waals surface area contributed by atoms with Crippen molar-refractivity contribution >= 4 is 6.29 Å². The number of hydrogen-bond acceptors (Lipinski definition) is 1. The van der Waals surface area contributed by atoms with Crippen molar-refractivity contribution in [2.45, 2.75) is 46.5 Å². The first-order valence-electron chi connectivity index (χ1n) is 4.34. The Morgan fingerprint density at radius 2 is 1.91 bits per heavy atom. The topological polar surface area (TPSA) is 17.1 Å². The Labute approximate surface area is 69.5 Å². The van der Waals surface area contributed by atoms with Crippen LogP contribution in [0.3, 0.4) is 0 Å². The van der Waals surface area contributed by atoms with Gasteiger partial charge < -0.3 is 0 Å². The van der Waals surface area contributed by atoms with Crippen LogP contribution in [0.5, 0.6) is 0 Å². The molecule has 0 saturated heterocycles. The van der Waals surface area contributed by atoms with E-state index in [1.54, 1.807) is 0 Å². The summed E-state index contributed by atoms with van der Waals surface area (Å²) in [7, 11) is 0. The molecule has 0 aromatic carbocycles. The minimum absolute atomic E-state index is 0.958. The summed E-state index contributed by atoms with van der Waals surface area (Å²) in [5.74, 6) is 0. The van der Waals surface area contributed by atoms with E-state index in [9.17, 15) is 4.79 Å². The van der Waals surface area contributed by atoms with Crippen molar-refractivity contribution in [2.24, 2.45) is 0 Å². The Kier molecular flexibility index (Phi) is 5.81. The molecule has 0 N–H and O–H groups in total. The molecule has 0 spiro atoms. The molecule has 0 aliphatic carbocycles. The molecule has 0 aliphatic rings. The SMILES string of the molecule is CCCCCC(C=O)=C(C)C. The van der Waals surface area contributed by atoms with Gasteiger partial charge in [0.05, 0.1) is 0 Å². The molecule has 64 valence electrons. The summed E-state index contributed by atoms with van der Waals surface area (Å²) in [4.78, 5) is 10.5. The third kappa shape index (κ3) is 4.77. The number of allylic oxidation sites excluding steroid dienone is 2. The molecule has 0 rings (SSSR count). The lowest BCUT2D eigenvalue weighted by atomic mass is 10.1. The highest BCUT2D eigenvalue weighted by Gasteiger charge is 1.96. The van der Waals surface area contributed by atoms with Crippen molar-refractivity contribution < 1.29 is 4.79 Å². The van der Waals surface area contributed by atoms with Crippen LogP contribution in [0.15, 0.2) is 11.1 Å². The van der Waals surface area contributed by atoms with E-state index in [-0.39, 0.29) is 0 Å². The standard InChI is InChI=1S/C10H18O/c1-4-5-6-7-10(8-11)9(2)3/h8H,4-7H2,1-3H3. The second kappa shape index (κ2) is 6.14. The first-order chi connectivity index (χ1) is 5.22. The molecule has 0 atom stereocenters. The minimum atomic E-state index is 0.958. The summed E-state index contributed by atoms with van der Waals surface area (Å²) in [6, 6.07) is 0. The second-order valence-electron chi connectivity index (χ2n) is 3.10. The molecular formula is C10H18O.